The van der Waals surface area contributed by atoms with Gasteiger partial charge < -0.3 is 4.74 Å². The first kappa shape index (κ1) is 11.5. The number of rotatable bonds is 3. The van der Waals surface area contributed by atoms with Gasteiger partial charge in [0.15, 0.2) is 0 Å². The number of esters is 1. The molecule has 1 aliphatic rings. The van der Waals surface area contributed by atoms with Crippen molar-refractivity contribution in [3.8, 4) is 0 Å². The Morgan fingerprint density at radius 1 is 1.36 bits per heavy atom. The van der Waals surface area contributed by atoms with Gasteiger partial charge in [-0.1, -0.05) is 26.7 Å². The topological polar surface area (TPSA) is 26.3 Å². The molecule has 0 radical (unpaired) electrons. The van der Waals surface area contributed by atoms with Crippen LogP contribution in [0.4, 0.5) is 0 Å². The van der Waals surface area contributed by atoms with Gasteiger partial charge in [0.05, 0.1) is 12.5 Å². The second-order valence-electron chi connectivity index (χ2n) is 4.56. The smallest absolute Gasteiger partial charge is 0.308 e. The molecule has 0 saturated heterocycles. The molecule has 1 saturated carbocycles. The summed E-state index contributed by atoms with van der Waals surface area (Å²) in [5.41, 5.74) is 0. The van der Waals surface area contributed by atoms with E-state index in [1.807, 2.05) is 13.8 Å². The summed E-state index contributed by atoms with van der Waals surface area (Å²) in [6.07, 6.45) is 4.94. The maximum absolute atomic E-state index is 11.5. The van der Waals surface area contributed by atoms with Crippen molar-refractivity contribution in [3.05, 3.63) is 0 Å². The molecule has 1 aliphatic carbocycles. The Labute approximate surface area is 87.0 Å². The van der Waals surface area contributed by atoms with Gasteiger partial charge in [0.2, 0.25) is 0 Å². The molecule has 0 aromatic heterocycles. The van der Waals surface area contributed by atoms with Gasteiger partial charge >= 0.3 is 5.97 Å². The minimum absolute atomic E-state index is 0.00736. The molecule has 82 valence electrons. The van der Waals surface area contributed by atoms with Crippen molar-refractivity contribution >= 4 is 5.97 Å². The standard InChI is InChI=1S/C12H22O2/c1-4-14-12(13)10(3)11-7-5-9(2)6-8-11/h9-11H,4-8H2,1-3H3. The number of hydrogen-bond donors (Lipinski definition) is 0. The number of carbonyl (C=O) groups is 1. The fraction of sp³-hybridized carbons (Fsp3) is 0.917. The molecule has 0 aliphatic heterocycles. The Morgan fingerprint density at radius 2 is 1.93 bits per heavy atom. The highest BCUT2D eigenvalue weighted by Crippen LogP contribution is 2.33. The summed E-state index contributed by atoms with van der Waals surface area (Å²) in [6.45, 7) is 6.68. The van der Waals surface area contributed by atoms with E-state index in [1.54, 1.807) is 0 Å². The van der Waals surface area contributed by atoms with Crippen LogP contribution in [0, 0.1) is 17.8 Å². The lowest BCUT2D eigenvalue weighted by molar-refractivity contribution is -0.149. The fourth-order valence-corrected chi connectivity index (χ4v) is 2.25. The van der Waals surface area contributed by atoms with Gasteiger partial charge in [0.1, 0.15) is 0 Å². The van der Waals surface area contributed by atoms with Crippen LogP contribution in [-0.4, -0.2) is 12.6 Å². The molecule has 0 aromatic carbocycles. The Balaban J connectivity index is 2.37. The lowest BCUT2D eigenvalue weighted by Gasteiger charge is -2.29. The van der Waals surface area contributed by atoms with Gasteiger partial charge in [0, 0.05) is 0 Å². The lowest BCUT2D eigenvalue weighted by Crippen LogP contribution is -2.26. The number of carbonyl (C=O) groups excluding carboxylic acids is 1. The molecule has 1 atom stereocenters. The first-order valence-electron chi connectivity index (χ1n) is 5.81. The van der Waals surface area contributed by atoms with Crippen molar-refractivity contribution in [2.24, 2.45) is 17.8 Å². The first-order chi connectivity index (χ1) is 6.65. The van der Waals surface area contributed by atoms with Gasteiger partial charge in [-0.2, -0.15) is 0 Å². The third kappa shape index (κ3) is 3.00. The quantitative estimate of drug-likeness (QED) is 0.652. The van der Waals surface area contributed by atoms with Crippen molar-refractivity contribution in [1.82, 2.24) is 0 Å². The van der Waals surface area contributed by atoms with Crippen LogP contribution in [0.2, 0.25) is 0 Å². The van der Waals surface area contributed by atoms with Crippen LogP contribution < -0.4 is 0 Å². The van der Waals surface area contributed by atoms with E-state index in [-0.39, 0.29) is 11.9 Å². The summed E-state index contributed by atoms with van der Waals surface area (Å²) in [6, 6.07) is 0. The normalized spacial score (nSPS) is 29.6. The van der Waals surface area contributed by atoms with Crippen LogP contribution >= 0.6 is 0 Å². The van der Waals surface area contributed by atoms with Crippen molar-refractivity contribution in [3.63, 3.8) is 0 Å². The first-order valence-corrected chi connectivity index (χ1v) is 5.81. The molecule has 1 fully saturated rings. The number of ether oxygens (including phenoxy) is 1. The molecular weight excluding hydrogens is 176 g/mol. The van der Waals surface area contributed by atoms with Crippen molar-refractivity contribution < 1.29 is 9.53 Å². The highest BCUT2D eigenvalue weighted by molar-refractivity contribution is 5.72. The third-order valence-electron chi connectivity index (χ3n) is 3.43. The minimum atomic E-state index is -0.00736. The molecule has 14 heavy (non-hydrogen) atoms. The molecule has 1 unspecified atom stereocenters. The number of hydrogen-bond acceptors (Lipinski definition) is 2. The van der Waals surface area contributed by atoms with Gasteiger partial charge in [0.25, 0.3) is 0 Å². The Kier molecular flexibility index (Phi) is 4.43. The molecule has 2 heteroatoms. The molecule has 0 spiro atoms. The Morgan fingerprint density at radius 3 is 2.43 bits per heavy atom. The molecule has 0 bridgehead atoms. The Hall–Kier alpha value is -0.530. The zero-order valence-electron chi connectivity index (χ0n) is 9.58. The predicted octanol–water partition coefficient (Wildman–Crippen LogP) is 3.01. The molecule has 0 heterocycles. The van der Waals surface area contributed by atoms with Crippen LogP contribution in [0.3, 0.4) is 0 Å². The van der Waals surface area contributed by atoms with E-state index >= 15 is 0 Å². The summed E-state index contributed by atoms with van der Waals surface area (Å²) < 4.78 is 5.04. The van der Waals surface area contributed by atoms with E-state index in [0.29, 0.717) is 12.5 Å². The van der Waals surface area contributed by atoms with Crippen molar-refractivity contribution in [1.29, 1.82) is 0 Å². The maximum Gasteiger partial charge on any atom is 0.308 e. The van der Waals surface area contributed by atoms with E-state index in [9.17, 15) is 4.79 Å². The summed E-state index contributed by atoms with van der Waals surface area (Å²) in [5, 5.41) is 0. The van der Waals surface area contributed by atoms with Crippen LogP contribution in [-0.2, 0) is 9.53 Å². The highest BCUT2D eigenvalue weighted by Gasteiger charge is 2.28. The minimum Gasteiger partial charge on any atom is -0.466 e. The van der Waals surface area contributed by atoms with Gasteiger partial charge in [-0.15, -0.1) is 0 Å². The van der Waals surface area contributed by atoms with Gasteiger partial charge in [-0.3, -0.25) is 4.79 Å². The average Bonchev–Trinajstić information content (AvgIpc) is 2.18. The van der Waals surface area contributed by atoms with Crippen molar-refractivity contribution in [2.45, 2.75) is 46.5 Å². The largest absolute Gasteiger partial charge is 0.466 e. The van der Waals surface area contributed by atoms with Crippen LogP contribution in [0.1, 0.15) is 46.5 Å². The Bertz CT molecular complexity index is 181. The zero-order valence-corrected chi connectivity index (χ0v) is 9.58. The maximum atomic E-state index is 11.5. The van der Waals surface area contributed by atoms with Crippen molar-refractivity contribution in [2.75, 3.05) is 6.61 Å². The summed E-state index contributed by atoms with van der Waals surface area (Å²) in [4.78, 5) is 11.5. The third-order valence-corrected chi connectivity index (χ3v) is 3.43. The lowest BCUT2D eigenvalue weighted by atomic mass is 9.77. The van der Waals surface area contributed by atoms with E-state index in [2.05, 4.69) is 6.92 Å². The summed E-state index contributed by atoms with van der Waals surface area (Å²) in [7, 11) is 0. The molecule has 1 rings (SSSR count). The molecule has 0 aromatic rings. The van der Waals surface area contributed by atoms with E-state index in [0.717, 1.165) is 5.92 Å². The average molecular weight is 198 g/mol. The van der Waals surface area contributed by atoms with E-state index < -0.39 is 0 Å². The summed E-state index contributed by atoms with van der Waals surface area (Å²) >= 11 is 0. The van der Waals surface area contributed by atoms with Crippen LogP contribution in [0.25, 0.3) is 0 Å². The molecular formula is C12H22O2. The van der Waals surface area contributed by atoms with Gasteiger partial charge in [-0.25, -0.2) is 0 Å². The van der Waals surface area contributed by atoms with Crippen LogP contribution in [0.15, 0.2) is 0 Å². The molecule has 2 nitrogen and oxygen atoms in total. The second kappa shape index (κ2) is 5.38. The van der Waals surface area contributed by atoms with E-state index in [1.165, 1.54) is 25.7 Å². The fourth-order valence-electron chi connectivity index (χ4n) is 2.25. The highest BCUT2D eigenvalue weighted by atomic mass is 16.5. The summed E-state index contributed by atoms with van der Waals surface area (Å²) in [5.74, 6) is 1.50. The monoisotopic (exact) mass is 198 g/mol. The predicted molar refractivity (Wildman–Crippen MR) is 56.9 cm³/mol. The molecule has 0 N–H and O–H groups in total. The van der Waals surface area contributed by atoms with Gasteiger partial charge in [-0.05, 0) is 31.6 Å². The van der Waals surface area contributed by atoms with E-state index in [4.69, 9.17) is 4.74 Å². The second-order valence-corrected chi connectivity index (χ2v) is 4.56. The molecule has 0 amide bonds. The zero-order chi connectivity index (χ0) is 10.6. The van der Waals surface area contributed by atoms with Crippen LogP contribution in [0.5, 0.6) is 0 Å². The SMILES string of the molecule is CCOC(=O)C(C)C1CCC(C)CC1.